The number of ether oxygens (including phenoxy) is 1. The summed E-state index contributed by atoms with van der Waals surface area (Å²) in [4.78, 5) is 27.6. The van der Waals surface area contributed by atoms with E-state index in [1.54, 1.807) is 5.32 Å². The first kappa shape index (κ1) is 22.9. The third kappa shape index (κ3) is 5.49. The number of imide groups is 1. The van der Waals surface area contributed by atoms with Crippen molar-refractivity contribution in [3.05, 3.63) is 82.5 Å². The number of carbonyl (C=O) groups excluding carboxylic acids is 2. The highest BCUT2D eigenvalue weighted by atomic mass is 35.5. The molecular formula is C20H11ClF5N3O3. The fourth-order valence-corrected chi connectivity index (χ4v) is 2.65. The van der Waals surface area contributed by atoms with E-state index in [0.29, 0.717) is 6.07 Å². The molecule has 0 saturated heterocycles. The van der Waals surface area contributed by atoms with E-state index in [-0.39, 0.29) is 22.3 Å². The van der Waals surface area contributed by atoms with Gasteiger partial charge in [-0.25, -0.2) is 18.6 Å². The van der Waals surface area contributed by atoms with Gasteiger partial charge in [-0.2, -0.15) is 13.2 Å². The van der Waals surface area contributed by atoms with E-state index >= 15 is 0 Å². The molecule has 0 bridgehead atoms. The number of pyridine rings is 1. The fraction of sp³-hybridized carbons (Fsp3) is 0.0500. The highest BCUT2D eigenvalue weighted by Crippen LogP contribution is 2.36. The highest BCUT2D eigenvalue weighted by molar-refractivity contribution is 6.32. The average molecular weight is 472 g/mol. The average Bonchev–Trinajstić information content (AvgIpc) is 2.70. The smallest absolute Gasteiger partial charge is 0.416 e. The van der Waals surface area contributed by atoms with E-state index in [9.17, 15) is 31.5 Å². The monoisotopic (exact) mass is 471 g/mol. The van der Waals surface area contributed by atoms with E-state index in [4.69, 9.17) is 16.3 Å². The minimum Gasteiger partial charge on any atom is -0.437 e. The second-order valence-electron chi connectivity index (χ2n) is 6.14. The van der Waals surface area contributed by atoms with Crippen LogP contribution in [0.4, 0.5) is 32.4 Å². The van der Waals surface area contributed by atoms with E-state index in [2.05, 4.69) is 10.3 Å². The van der Waals surface area contributed by atoms with E-state index < -0.39 is 40.9 Å². The second-order valence-corrected chi connectivity index (χ2v) is 6.54. The molecular weight excluding hydrogens is 461 g/mol. The summed E-state index contributed by atoms with van der Waals surface area (Å²) in [5.41, 5.74) is -1.79. The van der Waals surface area contributed by atoms with Gasteiger partial charge in [-0.05, 0) is 36.4 Å². The van der Waals surface area contributed by atoms with Gasteiger partial charge >= 0.3 is 12.2 Å². The predicted molar refractivity (Wildman–Crippen MR) is 104 cm³/mol. The molecule has 1 heterocycles. The lowest BCUT2D eigenvalue weighted by molar-refractivity contribution is -0.137. The number of amides is 3. The molecule has 2 N–H and O–H groups in total. The van der Waals surface area contributed by atoms with Gasteiger partial charge in [-0.15, -0.1) is 0 Å². The van der Waals surface area contributed by atoms with Crippen LogP contribution < -0.4 is 15.4 Å². The van der Waals surface area contributed by atoms with Crippen LogP contribution in [0.1, 0.15) is 15.9 Å². The lowest BCUT2D eigenvalue weighted by atomic mass is 10.2. The van der Waals surface area contributed by atoms with Crippen LogP contribution in [0.3, 0.4) is 0 Å². The highest BCUT2D eigenvalue weighted by Gasteiger charge is 2.31. The maximum atomic E-state index is 13.6. The zero-order valence-corrected chi connectivity index (χ0v) is 16.4. The molecule has 0 atom stereocenters. The largest absolute Gasteiger partial charge is 0.437 e. The number of hydrogen-bond acceptors (Lipinski definition) is 4. The summed E-state index contributed by atoms with van der Waals surface area (Å²) >= 11 is 5.80. The number of alkyl halides is 3. The van der Waals surface area contributed by atoms with E-state index in [1.807, 2.05) is 0 Å². The van der Waals surface area contributed by atoms with Crippen molar-refractivity contribution in [2.75, 3.05) is 5.32 Å². The molecule has 6 nitrogen and oxygen atoms in total. The first-order chi connectivity index (χ1) is 15.0. The Morgan fingerprint density at radius 3 is 2.25 bits per heavy atom. The molecule has 1 aromatic heterocycles. The van der Waals surface area contributed by atoms with Crippen molar-refractivity contribution in [2.24, 2.45) is 0 Å². The number of nitrogens with one attached hydrogen (secondary N) is 2. The van der Waals surface area contributed by atoms with Crippen molar-refractivity contribution < 1.29 is 36.3 Å². The van der Waals surface area contributed by atoms with E-state index in [0.717, 1.165) is 36.5 Å². The zero-order valence-electron chi connectivity index (χ0n) is 15.6. The first-order valence-corrected chi connectivity index (χ1v) is 8.99. The normalized spacial score (nSPS) is 11.1. The number of carbonyl (C=O) groups is 2. The van der Waals surface area contributed by atoms with Crippen molar-refractivity contribution in [1.82, 2.24) is 10.3 Å². The van der Waals surface area contributed by atoms with Gasteiger partial charge in [0.05, 0.1) is 22.5 Å². The Kier molecular flexibility index (Phi) is 6.58. The molecule has 32 heavy (non-hydrogen) atoms. The molecule has 0 saturated carbocycles. The summed E-state index contributed by atoms with van der Waals surface area (Å²) in [6, 6.07) is 6.79. The van der Waals surface area contributed by atoms with Crippen LogP contribution in [-0.4, -0.2) is 16.9 Å². The van der Waals surface area contributed by atoms with Crippen LogP contribution in [0.2, 0.25) is 5.02 Å². The van der Waals surface area contributed by atoms with Crippen LogP contribution in [0.5, 0.6) is 11.6 Å². The first-order valence-electron chi connectivity index (χ1n) is 8.61. The van der Waals surface area contributed by atoms with Gasteiger partial charge in [0, 0.05) is 6.07 Å². The molecule has 2 aromatic carbocycles. The van der Waals surface area contributed by atoms with Gasteiger partial charge in [-0.3, -0.25) is 10.1 Å². The molecule has 3 amide bonds. The van der Waals surface area contributed by atoms with Crippen LogP contribution in [0.15, 0.2) is 54.7 Å². The van der Waals surface area contributed by atoms with Gasteiger partial charge in [0.15, 0.2) is 0 Å². The SMILES string of the molecule is O=C(NC(=O)c1c(F)cccc1F)Nc1ccc(Oc2ccc(C(F)(F)F)cc2Cl)nc1. The number of benzene rings is 2. The van der Waals surface area contributed by atoms with Crippen molar-refractivity contribution in [3.63, 3.8) is 0 Å². The van der Waals surface area contributed by atoms with Crippen molar-refractivity contribution >= 4 is 29.2 Å². The summed E-state index contributed by atoms with van der Waals surface area (Å²) in [7, 11) is 0. The number of nitrogens with zero attached hydrogens (tertiary/aromatic N) is 1. The number of hydrogen-bond donors (Lipinski definition) is 2. The number of aromatic nitrogens is 1. The van der Waals surface area contributed by atoms with Gasteiger partial charge < -0.3 is 10.1 Å². The Labute approximate surface area is 182 Å². The molecule has 166 valence electrons. The quantitative estimate of drug-likeness (QED) is 0.472. The molecule has 0 radical (unpaired) electrons. The van der Waals surface area contributed by atoms with Crippen molar-refractivity contribution in [2.45, 2.75) is 6.18 Å². The van der Waals surface area contributed by atoms with Gasteiger partial charge in [0.2, 0.25) is 5.88 Å². The predicted octanol–water partition coefficient (Wildman–Crippen LogP) is 5.79. The third-order valence-corrected chi connectivity index (χ3v) is 4.18. The number of rotatable bonds is 4. The van der Waals surface area contributed by atoms with Crippen LogP contribution in [-0.2, 0) is 6.18 Å². The zero-order chi connectivity index (χ0) is 23.5. The lowest BCUT2D eigenvalue weighted by Gasteiger charge is -2.11. The van der Waals surface area contributed by atoms with Crippen molar-refractivity contribution in [3.8, 4) is 11.6 Å². The summed E-state index contributed by atoms with van der Waals surface area (Å²) in [5, 5.41) is 3.70. The van der Waals surface area contributed by atoms with Crippen LogP contribution >= 0.6 is 11.6 Å². The number of urea groups is 1. The minimum atomic E-state index is -4.56. The topological polar surface area (TPSA) is 80.3 Å². The summed E-state index contributed by atoms with van der Waals surface area (Å²) in [6.45, 7) is 0. The molecule has 3 rings (SSSR count). The second kappa shape index (κ2) is 9.18. The molecule has 0 fully saturated rings. The summed E-state index contributed by atoms with van der Waals surface area (Å²) in [5.74, 6) is -3.70. The van der Waals surface area contributed by atoms with E-state index in [1.165, 1.54) is 12.1 Å². The van der Waals surface area contributed by atoms with Gasteiger partial charge in [0.1, 0.15) is 22.9 Å². The molecule has 0 aliphatic rings. The molecule has 0 aliphatic carbocycles. The van der Waals surface area contributed by atoms with Gasteiger partial charge in [-0.1, -0.05) is 17.7 Å². The molecule has 0 spiro atoms. The summed E-state index contributed by atoms with van der Waals surface area (Å²) in [6.07, 6.45) is -3.45. The maximum absolute atomic E-state index is 13.6. The lowest BCUT2D eigenvalue weighted by Crippen LogP contribution is -2.35. The Morgan fingerprint density at radius 1 is 1.00 bits per heavy atom. The summed E-state index contributed by atoms with van der Waals surface area (Å²) < 4.78 is 70.5. The standard InChI is InChI=1S/C20H11ClF5N3O3/c21-12-8-10(20(24,25)26)4-6-15(12)32-16-7-5-11(9-27-16)28-19(31)29-18(30)17-13(22)2-1-3-14(17)23/h1-9H,(H2,28,29,30,31). The van der Waals surface area contributed by atoms with Crippen LogP contribution in [0.25, 0.3) is 0 Å². The van der Waals surface area contributed by atoms with Crippen molar-refractivity contribution in [1.29, 1.82) is 0 Å². The third-order valence-electron chi connectivity index (χ3n) is 3.88. The fourth-order valence-electron chi connectivity index (χ4n) is 2.43. The molecule has 3 aromatic rings. The Hall–Kier alpha value is -3.73. The number of anilines is 1. The molecule has 0 aliphatic heterocycles. The Morgan fingerprint density at radius 2 is 1.69 bits per heavy atom. The maximum Gasteiger partial charge on any atom is 0.416 e. The van der Waals surface area contributed by atoms with Gasteiger partial charge in [0.25, 0.3) is 5.91 Å². The van der Waals surface area contributed by atoms with Crippen LogP contribution in [0, 0.1) is 11.6 Å². The molecule has 12 heteroatoms. The Bertz CT molecular complexity index is 1150. The number of halogens is 6. The minimum absolute atomic E-state index is 0.0536. The Balaban J connectivity index is 1.62. The molecule has 0 unspecified atom stereocenters.